The molecule has 0 saturated carbocycles. The van der Waals surface area contributed by atoms with E-state index < -0.39 is 12.0 Å². The van der Waals surface area contributed by atoms with Gasteiger partial charge in [-0.2, -0.15) is 0 Å². The van der Waals surface area contributed by atoms with Gasteiger partial charge < -0.3 is 15.0 Å². The Morgan fingerprint density at radius 2 is 1.81 bits per heavy atom. The van der Waals surface area contributed by atoms with Crippen LogP contribution >= 0.6 is 23.8 Å². The number of rotatable bonds is 8. The molecule has 10 heteroatoms. The van der Waals surface area contributed by atoms with Gasteiger partial charge in [-0.25, -0.2) is 4.79 Å². The van der Waals surface area contributed by atoms with Gasteiger partial charge in [-0.3, -0.25) is 19.5 Å². The lowest BCUT2D eigenvalue weighted by Crippen LogP contribution is -2.37. The number of aromatic nitrogens is 1. The summed E-state index contributed by atoms with van der Waals surface area (Å²) in [6.45, 7) is 2.27. The van der Waals surface area contributed by atoms with Crippen LogP contribution in [0.3, 0.4) is 0 Å². The van der Waals surface area contributed by atoms with E-state index in [1.165, 1.54) is 4.90 Å². The van der Waals surface area contributed by atoms with E-state index in [4.69, 9.17) is 28.6 Å². The van der Waals surface area contributed by atoms with Crippen molar-refractivity contribution in [2.24, 2.45) is 0 Å². The van der Waals surface area contributed by atoms with Crippen molar-refractivity contribution in [2.75, 3.05) is 16.8 Å². The molecule has 2 aromatic carbocycles. The summed E-state index contributed by atoms with van der Waals surface area (Å²) in [7, 11) is 0. The normalized spacial score (nSPS) is 15.2. The second-order valence-corrected chi connectivity index (χ2v) is 8.75. The SMILES string of the molecule is CCOC(=O)c1ccc(NC(=O)C[C@@H]2C(=O)N(c3ccc(Cl)cc3)C(=S)N2Cc2ccccn2)cc1. The number of ether oxygens (including phenoxy) is 1. The molecule has 184 valence electrons. The van der Waals surface area contributed by atoms with Crippen molar-refractivity contribution in [1.82, 2.24) is 9.88 Å². The minimum absolute atomic E-state index is 0.129. The molecule has 0 spiro atoms. The molecule has 2 amide bonds. The topological polar surface area (TPSA) is 91.8 Å². The van der Waals surface area contributed by atoms with E-state index in [0.717, 1.165) is 0 Å². The Balaban J connectivity index is 1.53. The first kappa shape index (κ1) is 25.3. The van der Waals surface area contributed by atoms with Gasteiger partial charge in [0.25, 0.3) is 5.91 Å². The lowest BCUT2D eigenvalue weighted by molar-refractivity contribution is -0.124. The molecule has 1 aliphatic rings. The molecule has 1 aromatic heterocycles. The van der Waals surface area contributed by atoms with Crippen LogP contribution < -0.4 is 10.2 Å². The Morgan fingerprint density at radius 3 is 2.44 bits per heavy atom. The monoisotopic (exact) mass is 522 g/mol. The van der Waals surface area contributed by atoms with Crippen LogP contribution in [0.25, 0.3) is 0 Å². The predicted octanol–water partition coefficient (Wildman–Crippen LogP) is 4.44. The molecule has 3 aromatic rings. The fourth-order valence-corrected chi connectivity index (χ4v) is 4.31. The number of hydrogen-bond acceptors (Lipinski definition) is 6. The zero-order valence-corrected chi connectivity index (χ0v) is 21.0. The third-order valence-electron chi connectivity index (χ3n) is 5.52. The van der Waals surface area contributed by atoms with Crippen LogP contribution in [0.2, 0.25) is 5.02 Å². The molecule has 0 unspecified atom stereocenters. The Morgan fingerprint density at radius 1 is 1.08 bits per heavy atom. The van der Waals surface area contributed by atoms with Gasteiger partial charge in [0.2, 0.25) is 5.91 Å². The smallest absolute Gasteiger partial charge is 0.338 e. The summed E-state index contributed by atoms with van der Waals surface area (Å²) < 4.78 is 4.97. The molecule has 4 rings (SSSR count). The standard InChI is InChI=1S/C26H23ClN4O4S/c1-2-35-25(34)17-6-10-19(11-7-17)29-23(32)15-22-24(33)31(21-12-8-18(27)9-13-21)26(36)30(22)16-20-5-3-4-14-28-20/h3-14,22H,2,15-16H2,1H3,(H,29,32)/t22-/m1/s1. The highest BCUT2D eigenvalue weighted by Gasteiger charge is 2.44. The highest BCUT2D eigenvalue weighted by molar-refractivity contribution is 7.80. The number of halogens is 1. The second-order valence-electron chi connectivity index (χ2n) is 7.95. The Hall–Kier alpha value is -3.82. The summed E-state index contributed by atoms with van der Waals surface area (Å²) in [6, 6.07) is 17.8. The van der Waals surface area contributed by atoms with E-state index in [1.807, 2.05) is 12.1 Å². The molecular formula is C26H23ClN4O4S. The molecule has 1 fully saturated rings. The second kappa shape index (κ2) is 11.3. The van der Waals surface area contributed by atoms with E-state index in [-0.39, 0.29) is 36.5 Å². The fourth-order valence-electron chi connectivity index (χ4n) is 3.80. The number of pyridine rings is 1. The summed E-state index contributed by atoms with van der Waals surface area (Å²) >= 11 is 11.7. The van der Waals surface area contributed by atoms with Crippen molar-refractivity contribution in [3.8, 4) is 0 Å². The molecule has 0 aliphatic carbocycles. The summed E-state index contributed by atoms with van der Waals surface area (Å²) in [5.41, 5.74) is 2.15. The Kier molecular flexibility index (Phi) is 7.92. The first-order chi connectivity index (χ1) is 17.4. The maximum atomic E-state index is 13.5. The van der Waals surface area contributed by atoms with E-state index in [0.29, 0.717) is 27.7 Å². The van der Waals surface area contributed by atoms with Crippen LogP contribution in [0.5, 0.6) is 0 Å². The van der Waals surface area contributed by atoms with Gasteiger partial charge in [0, 0.05) is 16.9 Å². The number of hydrogen-bond donors (Lipinski definition) is 1. The highest BCUT2D eigenvalue weighted by atomic mass is 35.5. The van der Waals surface area contributed by atoms with Crippen LogP contribution in [0.1, 0.15) is 29.4 Å². The lowest BCUT2D eigenvalue weighted by Gasteiger charge is -2.23. The van der Waals surface area contributed by atoms with Gasteiger partial charge in [0.1, 0.15) is 6.04 Å². The van der Waals surface area contributed by atoms with Gasteiger partial charge in [0.05, 0.1) is 36.5 Å². The molecule has 1 saturated heterocycles. The molecule has 1 aliphatic heterocycles. The number of amides is 2. The number of carbonyl (C=O) groups is 3. The number of carbonyl (C=O) groups excluding carboxylic acids is 3. The predicted molar refractivity (Wildman–Crippen MR) is 141 cm³/mol. The number of thiocarbonyl (C=S) groups is 1. The third-order valence-corrected chi connectivity index (χ3v) is 6.19. The van der Waals surface area contributed by atoms with E-state index in [1.54, 1.807) is 72.6 Å². The molecule has 36 heavy (non-hydrogen) atoms. The average molecular weight is 523 g/mol. The van der Waals surface area contributed by atoms with Crippen molar-refractivity contribution in [2.45, 2.75) is 25.9 Å². The molecule has 0 radical (unpaired) electrons. The van der Waals surface area contributed by atoms with E-state index in [9.17, 15) is 14.4 Å². The van der Waals surface area contributed by atoms with Crippen LogP contribution in [0, 0.1) is 0 Å². The van der Waals surface area contributed by atoms with Crippen molar-refractivity contribution >= 4 is 58.1 Å². The highest BCUT2D eigenvalue weighted by Crippen LogP contribution is 2.29. The first-order valence-electron chi connectivity index (χ1n) is 11.2. The van der Waals surface area contributed by atoms with Crippen LogP contribution in [-0.4, -0.2) is 45.4 Å². The molecule has 1 atom stereocenters. The van der Waals surface area contributed by atoms with Gasteiger partial charge in [-0.1, -0.05) is 17.7 Å². The quantitative estimate of drug-likeness (QED) is 0.345. The minimum atomic E-state index is -0.825. The fraction of sp³-hybridized carbons (Fsp3) is 0.192. The number of nitrogens with one attached hydrogen (secondary N) is 1. The van der Waals surface area contributed by atoms with Gasteiger partial charge in [-0.15, -0.1) is 0 Å². The zero-order chi connectivity index (χ0) is 25.7. The van der Waals surface area contributed by atoms with Crippen molar-refractivity contribution in [1.29, 1.82) is 0 Å². The maximum absolute atomic E-state index is 13.5. The number of benzene rings is 2. The van der Waals surface area contributed by atoms with Gasteiger partial charge in [0.15, 0.2) is 5.11 Å². The van der Waals surface area contributed by atoms with E-state index >= 15 is 0 Å². The third kappa shape index (κ3) is 5.69. The summed E-state index contributed by atoms with van der Waals surface area (Å²) in [4.78, 5) is 45.7. The summed E-state index contributed by atoms with van der Waals surface area (Å²) in [6.07, 6.45) is 1.53. The molecule has 2 heterocycles. The summed E-state index contributed by atoms with van der Waals surface area (Å²) in [5.74, 6) is -1.12. The Bertz CT molecular complexity index is 1270. The lowest BCUT2D eigenvalue weighted by atomic mass is 10.1. The van der Waals surface area contributed by atoms with Crippen molar-refractivity contribution < 1.29 is 19.1 Å². The van der Waals surface area contributed by atoms with Crippen molar-refractivity contribution in [3.05, 3.63) is 89.2 Å². The number of esters is 1. The van der Waals surface area contributed by atoms with E-state index in [2.05, 4.69) is 10.3 Å². The number of nitrogens with zero attached hydrogens (tertiary/aromatic N) is 3. The molecule has 8 nitrogen and oxygen atoms in total. The zero-order valence-electron chi connectivity index (χ0n) is 19.4. The first-order valence-corrected chi connectivity index (χ1v) is 12.0. The van der Waals surface area contributed by atoms with Crippen LogP contribution in [0.15, 0.2) is 72.9 Å². The largest absolute Gasteiger partial charge is 0.462 e. The van der Waals surface area contributed by atoms with Crippen LogP contribution in [-0.2, 0) is 20.9 Å². The minimum Gasteiger partial charge on any atom is -0.462 e. The number of anilines is 2. The maximum Gasteiger partial charge on any atom is 0.338 e. The van der Waals surface area contributed by atoms with Crippen molar-refractivity contribution in [3.63, 3.8) is 0 Å². The molecular weight excluding hydrogens is 500 g/mol. The van der Waals surface area contributed by atoms with Gasteiger partial charge >= 0.3 is 5.97 Å². The van der Waals surface area contributed by atoms with Crippen LogP contribution in [0.4, 0.5) is 11.4 Å². The van der Waals surface area contributed by atoms with Gasteiger partial charge in [-0.05, 0) is 79.8 Å². The molecule has 1 N–H and O–H groups in total. The molecule has 0 bridgehead atoms. The Labute approximate surface area is 218 Å². The summed E-state index contributed by atoms with van der Waals surface area (Å²) in [5, 5.41) is 3.60. The average Bonchev–Trinajstić information content (AvgIpc) is 3.09.